The van der Waals surface area contributed by atoms with Gasteiger partial charge >= 0.3 is 11.9 Å². The number of nitrogens with zero attached hydrogens (tertiary/aromatic N) is 2. The Morgan fingerprint density at radius 3 is 1.85 bits per heavy atom. The number of allylic oxidation sites excluding steroid dienone is 4. The van der Waals surface area contributed by atoms with Crippen molar-refractivity contribution in [1.29, 1.82) is 0 Å². The molecule has 0 amide bonds. The van der Waals surface area contributed by atoms with Gasteiger partial charge in [0.15, 0.2) is 0 Å². The maximum Gasteiger partial charge on any atom is 0.336 e. The summed E-state index contributed by atoms with van der Waals surface area (Å²) in [5, 5.41) is 3.27. The van der Waals surface area contributed by atoms with E-state index in [0.717, 1.165) is 48.2 Å². The molecule has 0 aromatic carbocycles. The maximum absolute atomic E-state index is 13.5. The molecule has 0 aliphatic carbocycles. The van der Waals surface area contributed by atoms with Gasteiger partial charge in [0.2, 0.25) is 0 Å². The minimum Gasteiger partial charge on any atom is -0.462 e. The highest BCUT2D eigenvalue weighted by molar-refractivity contribution is 5.97. The summed E-state index contributed by atoms with van der Waals surface area (Å²) in [6.07, 6.45) is 14.9. The first-order valence-electron chi connectivity index (χ1n) is 14.7. The molecule has 0 saturated carbocycles. The third-order valence-electron chi connectivity index (χ3n) is 7.30. The smallest absolute Gasteiger partial charge is 0.336 e. The van der Waals surface area contributed by atoms with Gasteiger partial charge < -0.3 is 14.8 Å². The molecular formula is C34H45N3O4. The van der Waals surface area contributed by atoms with Gasteiger partial charge in [-0.15, -0.1) is 0 Å². The fraction of sp³-hybridized carbons (Fsp3) is 0.471. The summed E-state index contributed by atoms with van der Waals surface area (Å²) in [4.78, 5) is 35.3. The van der Waals surface area contributed by atoms with Gasteiger partial charge in [0, 0.05) is 42.1 Å². The number of aromatic nitrogens is 2. The standard InChI is InChI=1S/C34H45N3O4/c1-24(2)11-6-12-25(3)21-30-31(33(38)40-19-9-15-28-13-7-17-35-22-28)26(4)37-27(5)32(30)34(39)41-20-10-16-29-14-8-18-36-23-29/h7-8,11,13-14,17-18,22-23,25,30,37H,6,9-10,12,15-16,19-21H2,1-5H3. The highest BCUT2D eigenvalue weighted by Crippen LogP contribution is 2.37. The van der Waals surface area contributed by atoms with E-state index in [4.69, 9.17) is 9.47 Å². The number of esters is 2. The van der Waals surface area contributed by atoms with Crippen molar-refractivity contribution in [2.24, 2.45) is 11.8 Å². The van der Waals surface area contributed by atoms with Gasteiger partial charge in [-0.3, -0.25) is 9.97 Å². The lowest BCUT2D eigenvalue weighted by molar-refractivity contribution is -0.140. The van der Waals surface area contributed by atoms with Crippen molar-refractivity contribution in [3.63, 3.8) is 0 Å². The summed E-state index contributed by atoms with van der Waals surface area (Å²) in [7, 11) is 0. The summed E-state index contributed by atoms with van der Waals surface area (Å²) < 4.78 is 11.5. The van der Waals surface area contributed by atoms with Crippen LogP contribution in [-0.4, -0.2) is 35.1 Å². The van der Waals surface area contributed by atoms with Gasteiger partial charge in [0.1, 0.15) is 0 Å². The van der Waals surface area contributed by atoms with E-state index in [0.29, 0.717) is 43.6 Å². The molecule has 1 aliphatic rings. The second-order valence-electron chi connectivity index (χ2n) is 11.2. The van der Waals surface area contributed by atoms with E-state index in [2.05, 4.69) is 42.1 Å². The van der Waals surface area contributed by atoms with Crippen LogP contribution in [0.2, 0.25) is 0 Å². The Kier molecular flexibility index (Phi) is 12.8. The van der Waals surface area contributed by atoms with Gasteiger partial charge in [-0.25, -0.2) is 9.59 Å². The van der Waals surface area contributed by atoms with E-state index in [1.807, 2.05) is 50.5 Å². The number of pyridine rings is 2. The molecule has 1 unspecified atom stereocenters. The lowest BCUT2D eigenvalue weighted by atomic mass is 9.79. The number of hydrogen-bond acceptors (Lipinski definition) is 7. The van der Waals surface area contributed by atoms with Crippen molar-refractivity contribution in [2.45, 2.75) is 79.6 Å². The van der Waals surface area contributed by atoms with Crippen LogP contribution >= 0.6 is 0 Å². The van der Waals surface area contributed by atoms with Crippen molar-refractivity contribution in [3.05, 3.63) is 94.4 Å². The highest BCUT2D eigenvalue weighted by atomic mass is 16.5. The van der Waals surface area contributed by atoms with Gasteiger partial charge in [-0.1, -0.05) is 30.7 Å². The molecule has 41 heavy (non-hydrogen) atoms. The SMILES string of the molecule is CC(C)=CCCC(C)CC1C(C(=O)OCCCc2cccnc2)=C(C)NC(C)=C1C(=O)OCCCc1cccnc1. The van der Waals surface area contributed by atoms with Crippen LogP contribution in [0.15, 0.2) is 83.2 Å². The van der Waals surface area contributed by atoms with E-state index in [1.54, 1.807) is 12.4 Å². The fourth-order valence-electron chi connectivity index (χ4n) is 5.22. The Morgan fingerprint density at radius 2 is 1.41 bits per heavy atom. The maximum atomic E-state index is 13.5. The Balaban J connectivity index is 1.70. The van der Waals surface area contributed by atoms with E-state index < -0.39 is 5.92 Å². The van der Waals surface area contributed by atoms with Gasteiger partial charge in [-0.05, 0) is 102 Å². The van der Waals surface area contributed by atoms with Crippen LogP contribution in [0.25, 0.3) is 0 Å². The fourth-order valence-corrected chi connectivity index (χ4v) is 5.22. The van der Waals surface area contributed by atoms with E-state index in [9.17, 15) is 9.59 Å². The molecular weight excluding hydrogens is 514 g/mol. The Labute approximate surface area is 245 Å². The zero-order valence-electron chi connectivity index (χ0n) is 25.2. The molecule has 1 atom stereocenters. The molecule has 0 bridgehead atoms. The van der Waals surface area contributed by atoms with Crippen LogP contribution < -0.4 is 5.32 Å². The van der Waals surface area contributed by atoms with E-state index >= 15 is 0 Å². The number of hydrogen-bond donors (Lipinski definition) is 1. The first-order chi connectivity index (χ1) is 19.8. The van der Waals surface area contributed by atoms with Crippen LogP contribution in [0.3, 0.4) is 0 Å². The Bertz CT molecular complexity index is 1150. The number of nitrogens with one attached hydrogen (secondary N) is 1. The Morgan fingerprint density at radius 1 is 0.902 bits per heavy atom. The van der Waals surface area contributed by atoms with E-state index in [-0.39, 0.29) is 17.9 Å². The predicted octanol–water partition coefficient (Wildman–Crippen LogP) is 6.67. The summed E-state index contributed by atoms with van der Waals surface area (Å²) in [5.74, 6) is -0.861. The zero-order chi connectivity index (χ0) is 29.6. The molecule has 7 nitrogen and oxygen atoms in total. The molecule has 1 N–H and O–H groups in total. The first-order valence-corrected chi connectivity index (χ1v) is 14.7. The molecule has 220 valence electrons. The average molecular weight is 560 g/mol. The number of dihydropyridines is 1. The summed E-state index contributed by atoms with van der Waals surface area (Å²) >= 11 is 0. The van der Waals surface area contributed by atoms with Crippen LogP contribution in [0.5, 0.6) is 0 Å². The normalized spacial score (nSPS) is 14.4. The largest absolute Gasteiger partial charge is 0.462 e. The number of carbonyl (C=O) groups excluding carboxylic acids is 2. The molecule has 0 saturated heterocycles. The second-order valence-corrected chi connectivity index (χ2v) is 11.2. The quantitative estimate of drug-likeness (QED) is 0.148. The van der Waals surface area contributed by atoms with Crippen LogP contribution in [0, 0.1) is 11.8 Å². The molecule has 2 aromatic heterocycles. The predicted molar refractivity (Wildman–Crippen MR) is 162 cm³/mol. The summed E-state index contributed by atoms with van der Waals surface area (Å²) in [5.41, 5.74) is 6.00. The number of aryl methyl sites for hydroxylation is 2. The lowest BCUT2D eigenvalue weighted by Crippen LogP contribution is -2.34. The minimum absolute atomic E-state index is 0.288. The van der Waals surface area contributed by atoms with Crippen molar-refractivity contribution in [1.82, 2.24) is 15.3 Å². The first kappa shape index (κ1) is 31.8. The highest BCUT2D eigenvalue weighted by Gasteiger charge is 2.37. The molecule has 0 spiro atoms. The molecule has 2 aromatic rings. The second kappa shape index (κ2) is 16.5. The number of carbonyl (C=O) groups is 2. The van der Waals surface area contributed by atoms with Gasteiger partial charge in [0.25, 0.3) is 0 Å². The number of ether oxygens (including phenoxy) is 2. The monoisotopic (exact) mass is 559 g/mol. The molecule has 0 radical (unpaired) electrons. The van der Waals surface area contributed by atoms with Crippen molar-refractivity contribution < 1.29 is 19.1 Å². The number of rotatable bonds is 15. The van der Waals surface area contributed by atoms with Gasteiger partial charge in [0.05, 0.1) is 24.4 Å². The van der Waals surface area contributed by atoms with Crippen molar-refractivity contribution in [2.75, 3.05) is 13.2 Å². The average Bonchev–Trinajstić information content (AvgIpc) is 2.94. The third-order valence-corrected chi connectivity index (χ3v) is 7.30. The van der Waals surface area contributed by atoms with E-state index in [1.165, 1.54) is 5.57 Å². The van der Waals surface area contributed by atoms with Gasteiger partial charge in [-0.2, -0.15) is 0 Å². The molecule has 3 heterocycles. The molecule has 1 aliphatic heterocycles. The summed E-state index contributed by atoms with van der Waals surface area (Å²) in [6.45, 7) is 10.7. The Hall–Kier alpha value is -3.74. The minimum atomic E-state index is -0.394. The van der Waals surface area contributed by atoms with Crippen LogP contribution in [-0.2, 0) is 31.9 Å². The van der Waals surface area contributed by atoms with Crippen molar-refractivity contribution >= 4 is 11.9 Å². The molecule has 3 rings (SSSR count). The zero-order valence-corrected chi connectivity index (χ0v) is 25.2. The molecule has 7 heteroatoms. The van der Waals surface area contributed by atoms with Crippen LogP contribution in [0.1, 0.15) is 77.8 Å². The van der Waals surface area contributed by atoms with Crippen LogP contribution in [0.4, 0.5) is 0 Å². The topological polar surface area (TPSA) is 90.4 Å². The van der Waals surface area contributed by atoms with Crippen molar-refractivity contribution in [3.8, 4) is 0 Å². The third kappa shape index (κ3) is 10.3. The summed E-state index contributed by atoms with van der Waals surface area (Å²) in [6, 6.07) is 7.84. The molecule has 0 fully saturated rings. The lowest BCUT2D eigenvalue weighted by Gasteiger charge is -2.31.